The molecule has 6 heteroatoms. The third kappa shape index (κ3) is 4.10. The number of nitrogens with zero attached hydrogens (tertiary/aromatic N) is 4. The van der Waals surface area contributed by atoms with Crippen molar-refractivity contribution < 1.29 is 4.79 Å². The molecule has 1 aliphatic carbocycles. The number of anilines is 1. The number of carbonyl (C=O) groups is 1. The van der Waals surface area contributed by atoms with E-state index >= 15 is 0 Å². The number of aromatic nitrogens is 2. The first-order valence-electron chi connectivity index (χ1n) is 10.4. The number of hydrogen-bond acceptors (Lipinski definition) is 5. The van der Waals surface area contributed by atoms with Crippen LogP contribution in [0.15, 0.2) is 5.38 Å². The predicted molar refractivity (Wildman–Crippen MR) is 112 cm³/mol. The van der Waals surface area contributed by atoms with Crippen molar-refractivity contribution in [3.05, 3.63) is 16.8 Å². The molecule has 3 heterocycles. The Bertz CT molecular complexity index is 808. The zero-order valence-corrected chi connectivity index (χ0v) is 17.4. The van der Waals surface area contributed by atoms with Crippen molar-refractivity contribution in [2.24, 2.45) is 0 Å². The summed E-state index contributed by atoms with van der Waals surface area (Å²) in [5.41, 5.74) is 1.38. The van der Waals surface area contributed by atoms with E-state index in [1.54, 1.807) is 11.3 Å². The number of carbonyl (C=O) groups excluding carboxylic acids is 1. The molecule has 4 rings (SSSR count). The topological polar surface area (TPSA) is 49.3 Å². The normalized spacial score (nSPS) is 17.0. The lowest BCUT2D eigenvalue weighted by Crippen LogP contribution is -2.30. The second-order valence-electron chi connectivity index (χ2n) is 7.97. The van der Waals surface area contributed by atoms with Crippen LogP contribution in [0.3, 0.4) is 0 Å². The molecule has 1 saturated heterocycles. The first-order valence-corrected chi connectivity index (χ1v) is 11.3. The Morgan fingerprint density at radius 3 is 2.74 bits per heavy atom. The van der Waals surface area contributed by atoms with E-state index in [9.17, 15) is 4.79 Å². The second-order valence-corrected chi connectivity index (χ2v) is 8.83. The van der Waals surface area contributed by atoms with Gasteiger partial charge in [-0.2, -0.15) is 0 Å². The Balaban J connectivity index is 1.64. The van der Waals surface area contributed by atoms with Crippen molar-refractivity contribution in [3.63, 3.8) is 0 Å². The van der Waals surface area contributed by atoms with Gasteiger partial charge < -0.3 is 9.80 Å². The fourth-order valence-electron chi connectivity index (χ4n) is 3.96. The molecule has 2 fully saturated rings. The van der Waals surface area contributed by atoms with Crippen LogP contribution in [-0.2, 0) is 17.6 Å². The zero-order chi connectivity index (χ0) is 18.8. The van der Waals surface area contributed by atoms with Crippen molar-refractivity contribution in [1.82, 2.24) is 14.9 Å². The maximum Gasteiger partial charge on any atom is 0.230 e. The van der Waals surface area contributed by atoms with Crippen LogP contribution in [0.2, 0.25) is 0 Å². The van der Waals surface area contributed by atoms with Crippen molar-refractivity contribution in [2.45, 2.75) is 70.8 Å². The third-order valence-electron chi connectivity index (χ3n) is 5.78. The van der Waals surface area contributed by atoms with Crippen molar-refractivity contribution in [2.75, 3.05) is 25.0 Å². The van der Waals surface area contributed by atoms with Gasteiger partial charge in [0.1, 0.15) is 16.5 Å². The number of unbranched alkanes of at least 4 members (excludes halogenated alkanes) is 2. The van der Waals surface area contributed by atoms with Crippen LogP contribution < -0.4 is 4.90 Å². The molecule has 1 aliphatic heterocycles. The van der Waals surface area contributed by atoms with Gasteiger partial charge in [0.05, 0.1) is 11.8 Å². The van der Waals surface area contributed by atoms with E-state index in [0.29, 0.717) is 18.3 Å². The van der Waals surface area contributed by atoms with Crippen LogP contribution in [0, 0.1) is 0 Å². The summed E-state index contributed by atoms with van der Waals surface area (Å²) in [5, 5.41) is 3.48. The minimum absolute atomic E-state index is 0.173. The van der Waals surface area contributed by atoms with Gasteiger partial charge >= 0.3 is 0 Å². The van der Waals surface area contributed by atoms with E-state index in [4.69, 9.17) is 9.97 Å². The summed E-state index contributed by atoms with van der Waals surface area (Å²) in [6, 6.07) is 0.591. The zero-order valence-electron chi connectivity index (χ0n) is 16.5. The van der Waals surface area contributed by atoms with Gasteiger partial charge in [0.2, 0.25) is 5.91 Å². The Hall–Kier alpha value is -1.69. The number of fused-ring (bicyclic) bond motifs is 1. The maximum absolute atomic E-state index is 12.6. The number of rotatable bonds is 8. The third-order valence-corrected chi connectivity index (χ3v) is 6.70. The quantitative estimate of drug-likeness (QED) is 0.639. The van der Waals surface area contributed by atoms with Crippen LogP contribution in [0.1, 0.15) is 63.3 Å². The minimum atomic E-state index is 0.173. The summed E-state index contributed by atoms with van der Waals surface area (Å²) in [6.07, 6.45) is 9.83. The number of hydrogen-bond donors (Lipinski definition) is 0. The number of amides is 1. The lowest BCUT2D eigenvalue weighted by molar-refractivity contribution is -0.129. The number of aryl methyl sites for hydroxylation is 1. The predicted octanol–water partition coefficient (Wildman–Crippen LogP) is 4.19. The van der Waals surface area contributed by atoms with Crippen LogP contribution >= 0.6 is 11.3 Å². The highest BCUT2D eigenvalue weighted by molar-refractivity contribution is 7.17. The van der Waals surface area contributed by atoms with Gasteiger partial charge in [-0.3, -0.25) is 4.79 Å². The van der Waals surface area contributed by atoms with E-state index in [1.165, 1.54) is 43.1 Å². The van der Waals surface area contributed by atoms with Crippen molar-refractivity contribution in [3.8, 4) is 0 Å². The molecule has 2 aliphatic rings. The first kappa shape index (κ1) is 18.7. The van der Waals surface area contributed by atoms with Crippen LogP contribution in [-0.4, -0.2) is 47.0 Å². The highest BCUT2D eigenvalue weighted by Gasteiger charge is 2.30. The summed E-state index contributed by atoms with van der Waals surface area (Å²) in [7, 11) is 2.15. The fraction of sp³-hybridized carbons (Fsp3) is 0.667. The minimum Gasteiger partial charge on any atom is -0.356 e. The molecule has 5 nitrogen and oxygen atoms in total. The first-order chi connectivity index (χ1) is 13.2. The highest BCUT2D eigenvalue weighted by Crippen LogP contribution is 2.37. The molecule has 2 aromatic rings. The van der Waals surface area contributed by atoms with E-state index in [0.717, 1.165) is 43.0 Å². The lowest BCUT2D eigenvalue weighted by atomic mass is 10.1. The van der Waals surface area contributed by atoms with Crippen LogP contribution in [0.25, 0.3) is 10.2 Å². The van der Waals surface area contributed by atoms with Gasteiger partial charge in [-0.1, -0.05) is 19.8 Å². The van der Waals surface area contributed by atoms with Crippen LogP contribution in [0.4, 0.5) is 5.82 Å². The molecule has 0 radical (unpaired) electrons. The average Bonchev–Trinajstić information content (AvgIpc) is 3.21. The summed E-state index contributed by atoms with van der Waals surface area (Å²) in [6.45, 7) is 4.01. The molecule has 1 saturated carbocycles. The molecule has 27 heavy (non-hydrogen) atoms. The van der Waals surface area contributed by atoms with E-state index < -0.39 is 0 Å². The molecular formula is C21H30N4OS. The Labute approximate surface area is 165 Å². The Kier molecular flexibility index (Phi) is 5.62. The van der Waals surface area contributed by atoms with Crippen LogP contribution in [0.5, 0.6) is 0 Å². The molecule has 2 aromatic heterocycles. The van der Waals surface area contributed by atoms with Gasteiger partial charge in [-0.05, 0) is 49.5 Å². The molecule has 146 valence electrons. The number of likely N-dealkylation sites (tertiary alicyclic amines) is 1. The van der Waals surface area contributed by atoms with Crippen molar-refractivity contribution >= 4 is 33.3 Å². The average molecular weight is 387 g/mol. The molecule has 1 amide bonds. The Morgan fingerprint density at radius 1 is 1.26 bits per heavy atom. The van der Waals surface area contributed by atoms with Gasteiger partial charge in [0, 0.05) is 26.2 Å². The van der Waals surface area contributed by atoms with Gasteiger partial charge in [-0.25, -0.2) is 9.97 Å². The summed E-state index contributed by atoms with van der Waals surface area (Å²) in [4.78, 5) is 27.6. The number of thiophene rings is 1. The lowest BCUT2D eigenvalue weighted by Gasteiger charge is -2.20. The molecular weight excluding hydrogens is 356 g/mol. The van der Waals surface area contributed by atoms with E-state index in [-0.39, 0.29) is 5.91 Å². The largest absolute Gasteiger partial charge is 0.356 e. The molecule has 0 atom stereocenters. The van der Waals surface area contributed by atoms with E-state index in [1.807, 2.05) is 4.90 Å². The molecule has 0 unspecified atom stereocenters. The molecule has 0 aromatic carbocycles. The van der Waals surface area contributed by atoms with Gasteiger partial charge in [0.15, 0.2) is 0 Å². The highest BCUT2D eigenvalue weighted by atomic mass is 32.1. The smallest absolute Gasteiger partial charge is 0.230 e. The summed E-state index contributed by atoms with van der Waals surface area (Å²) >= 11 is 1.71. The van der Waals surface area contributed by atoms with Gasteiger partial charge in [0.25, 0.3) is 0 Å². The Morgan fingerprint density at radius 2 is 2.04 bits per heavy atom. The maximum atomic E-state index is 12.6. The fourth-order valence-corrected chi connectivity index (χ4v) is 4.94. The SMILES string of the molecule is CCCCCc1csc2nc(CC(=O)N3CCCC3)nc(N(C)C3CC3)c12. The monoisotopic (exact) mass is 386 g/mol. The summed E-state index contributed by atoms with van der Waals surface area (Å²) in [5.74, 6) is 1.90. The molecule has 0 spiro atoms. The summed E-state index contributed by atoms with van der Waals surface area (Å²) < 4.78 is 0. The second kappa shape index (κ2) is 8.13. The van der Waals surface area contributed by atoms with E-state index in [2.05, 4.69) is 24.3 Å². The molecule has 0 N–H and O–H groups in total. The molecule has 0 bridgehead atoms. The standard InChI is InChI=1S/C21H30N4OS/c1-3-4-5-8-15-14-27-21-19(15)20(24(2)16-9-10-16)22-17(23-21)13-18(26)25-11-6-7-12-25/h14,16H,3-13H2,1-2H3. The van der Waals surface area contributed by atoms with Gasteiger partial charge in [-0.15, -0.1) is 11.3 Å². The van der Waals surface area contributed by atoms with Crippen molar-refractivity contribution in [1.29, 1.82) is 0 Å².